The smallest absolute Gasteiger partial charge is 0.291 e. The molecule has 2 amide bonds. The number of piperidine rings is 1. The summed E-state index contributed by atoms with van der Waals surface area (Å²) in [5.41, 5.74) is 0.627. The van der Waals surface area contributed by atoms with Crippen molar-refractivity contribution >= 4 is 44.8 Å². The molecule has 2 aromatic rings. The minimum atomic E-state index is -3.77. The van der Waals surface area contributed by atoms with Crippen molar-refractivity contribution in [1.82, 2.24) is 4.31 Å². The Hall–Kier alpha value is -2.36. The van der Waals surface area contributed by atoms with Crippen LogP contribution in [0, 0.1) is 0 Å². The minimum Gasteiger partial charge on any atom is -0.438 e. The van der Waals surface area contributed by atoms with Crippen molar-refractivity contribution in [1.29, 1.82) is 0 Å². The molecule has 2 heterocycles. The molecule has 1 saturated heterocycles. The predicted octanol–water partition coefficient (Wildman–Crippen LogP) is 3.32. The van der Waals surface area contributed by atoms with Crippen molar-refractivity contribution in [3.63, 3.8) is 0 Å². The fraction of sp³-hybridized carbons (Fsp3) is 0.333. The molecular formula is C18H20ClN3O5S. The molecule has 0 saturated carbocycles. The first-order valence-corrected chi connectivity index (χ1v) is 10.6. The van der Waals surface area contributed by atoms with Crippen LogP contribution in [0.1, 0.15) is 36.7 Å². The van der Waals surface area contributed by atoms with Gasteiger partial charge in [-0.1, -0.05) is 18.0 Å². The van der Waals surface area contributed by atoms with Crippen molar-refractivity contribution in [2.24, 2.45) is 0 Å². The van der Waals surface area contributed by atoms with E-state index < -0.39 is 15.9 Å². The van der Waals surface area contributed by atoms with E-state index in [-0.39, 0.29) is 22.4 Å². The van der Waals surface area contributed by atoms with E-state index in [4.69, 9.17) is 16.0 Å². The quantitative estimate of drug-likeness (QED) is 0.763. The van der Waals surface area contributed by atoms with Gasteiger partial charge in [0.15, 0.2) is 5.76 Å². The van der Waals surface area contributed by atoms with Crippen molar-refractivity contribution in [3.05, 3.63) is 41.1 Å². The molecule has 0 radical (unpaired) electrons. The number of carbonyl (C=O) groups excluding carboxylic acids is 2. The SMILES string of the molecule is CC(=O)Nc1ccc(Cl)cc1NC(=O)c1ccc(S(=O)(=O)N2CCCCC2)o1. The molecule has 0 unspecified atom stereocenters. The maximum absolute atomic E-state index is 12.6. The molecule has 0 aliphatic carbocycles. The van der Waals surface area contributed by atoms with E-state index in [1.807, 2.05) is 0 Å². The third kappa shape index (κ3) is 4.54. The number of rotatable bonds is 5. The van der Waals surface area contributed by atoms with Gasteiger partial charge in [0.2, 0.25) is 11.0 Å². The van der Waals surface area contributed by atoms with Gasteiger partial charge in [0.1, 0.15) is 0 Å². The molecule has 1 aliphatic rings. The normalized spacial score (nSPS) is 15.2. The average Bonchev–Trinajstić information content (AvgIpc) is 3.15. The van der Waals surface area contributed by atoms with Crippen LogP contribution in [0.15, 0.2) is 39.8 Å². The number of amides is 2. The van der Waals surface area contributed by atoms with Gasteiger partial charge in [0, 0.05) is 25.0 Å². The summed E-state index contributed by atoms with van der Waals surface area (Å²) in [6.45, 7) is 2.21. The van der Waals surface area contributed by atoms with Gasteiger partial charge in [-0.3, -0.25) is 9.59 Å². The second-order valence-electron chi connectivity index (χ2n) is 6.41. The number of benzene rings is 1. The lowest BCUT2D eigenvalue weighted by Gasteiger charge is -2.24. The van der Waals surface area contributed by atoms with Crippen molar-refractivity contribution in [3.8, 4) is 0 Å². The van der Waals surface area contributed by atoms with Gasteiger partial charge >= 0.3 is 0 Å². The van der Waals surface area contributed by atoms with Crippen LogP contribution in [0.3, 0.4) is 0 Å². The summed E-state index contributed by atoms with van der Waals surface area (Å²) in [7, 11) is -3.77. The third-order valence-electron chi connectivity index (χ3n) is 4.25. The zero-order chi connectivity index (χ0) is 20.3. The first-order chi connectivity index (χ1) is 13.3. The zero-order valence-corrected chi connectivity index (χ0v) is 16.8. The average molecular weight is 426 g/mol. The molecule has 28 heavy (non-hydrogen) atoms. The number of sulfonamides is 1. The topological polar surface area (TPSA) is 109 Å². The Morgan fingerprint density at radius 1 is 1.04 bits per heavy atom. The fourth-order valence-electron chi connectivity index (χ4n) is 2.92. The lowest BCUT2D eigenvalue weighted by atomic mass is 10.2. The Kier molecular flexibility index (Phi) is 6.07. The van der Waals surface area contributed by atoms with Crippen molar-refractivity contribution in [2.75, 3.05) is 23.7 Å². The Balaban J connectivity index is 1.80. The number of nitrogens with one attached hydrogen (secondary N) is 2. The van der Waals surface area contributed by atoms with Crippen LogP contribution in [0.2, 0.25) is 5.02 Å². The summed E-state index contributed by atoms with van der Waals surface area (Å²) in [5, 5.41) is 5.25. The van der Waals surface area contributed by atoms with Gasteiger partial charge in [-0.05, 0) is 43.2 Å². The van der Waals surface area contributed by atoms with Crippen LogP contribution in [0.5, 0.6) is 0 Å². The second-order valence-corrected chi connectivity index (χ2v) is 8.71. The fourth-order valence-corrected chi connectivity index (χ4v) is 4.52. The Labute approximate surface area is 167 Å². The van der Waals surface area contributed by atoms with Crippen LogP contribution in [0.4, 0.5) is 11.4 Å². The molecule has 150 valence electrons. The second kappa shape index (κ2) is 8.34. The maximum atomic E-state index is 12.6. The summed E-state index contributed by atoms with van der Waals surface area (Å²) in [5.74, 6) is -1.14. The maximum Gasteiger partial charge on any atom is 0.291 e. The van der Waals surface area contributed by atoms with Gasteiger partial charge in [0.05, 0.1) is 11.4 Å². The minimum absolute atomic E-state index is 0.163. The summed E-state index contributed by atoms with van der Waals surface area (Å²) < 4.78 is 32.0. The van der Waals surface area contributed by atoms with Gasteiger partial charge in [-0.25, -0.2) is 8.42 Å². The molecule has 0 atom stereocenters. The summed E-state index contributed by atoms with van der Waals surface area (Å²) in [6, 6.07) is 7.16. The van der Waals surface area contributed by atoms with Gasteiger partial charge in [0.25, 0.3) is 15.9 Å². The highest BCUT2D eigenvalue weighted by Crippen LogP contribution is 2.27. The molecule has 8 nitrogen and oxygen atoms in total. The zero-order valence-electron chi connectivity index (χ0n) is 15.2. The van der Waals surface area contributed by atoms with Crippen LogP contribution in [0.25, 0.3) is 0 Å². The van der Waals surface area contributed by atoms with Crippen molar-refractivity contribution in [2.45, 2.75) is 31.3 Å². The molecule has 10 heteroatoms. The van der Waals surface area contributed by atoms with Gasteiger partial charge in [-0.2, -0.15) is 4.31 Å². The first-order valence-electron chi connectivity index (χ1n) is 8.76. The summed E-state index contributed by atoms with van der Waals surface area (Å²) in [4.78, 5) is 23.8. The van der Waals surface area contributed by atoms with E-state index in [0.29, 0.717) is 23.8 Å². The highest BCUT2D eigenvalue weighted by molar-refractivity contribution is 7.89. The number of hydrogen-bond acceptors (Lipinski definition) is 5. The molecule has 0 bridgehead atoms. The van der Waals surface area contributed by atoms with Gasteiger partial charge in [-0.15, -0.1) is 0 Å². The Morgan fingerprint density at radius 2 is 1.75 bits per heavy atom. The highest BCUT2D eigenvalue weighted by Gasteiger charge is 2.29. The molecule has 1 fully saturated rings. The number of anilines is 2. The van der Waals surface area contributed by atoms with Crippen LogP contribution < -0.4 is 10.6 Å². The molecule has 0 spiro atoms. The molecule has 1 aromatic heterocycles. The molecule has 1 aromatic carbocycles. The first kappa shape index (κ1) is 20.4. The van der Waals surface area contributed by atoms with E-state index in [2.05, 4.69) is 10.6 Å². The van der Waals surface area contributed by atoms with Crippen LogP contribution in [-0.2, 0) is 14.8 Å². The monoisotopic (exact) mass is 425 g/mol. The third-order valence-corrected chi connectivity index (χ3v) is 6.26. The van der Waals surface area contributed by atoms with E-state index in [1.54, 1.807) is 12.1 Å². The summed E-state index contributed by atoms with van der Waals surface area (Å²) >= 11 is 5.96. The van der Waals surface area contributed by atoms with E-state index in [9.17, 15) is 18.0 Å². The largest absolute Gasteiger partial charge is 0.438 e. The highest BCUT2D eigenvalue weighted by atomic mass is 35.5. The number of nitrogens with zero attached hydrogens (tertiary/aromatic N) is 1. The van der Waals surface area contributed by atoms with E-state index in [1.165, 1.54) is 29.4 Å². The molecule has 1 aliphatic heterocycles. The lowest BCUT2D eigenvalue weighted by Crippen LogP contribution is -2.35. The number of halogens is 1. The van der Waals surface area contributed by atoms with E-state index in [0.717, 1.165) is 19.3 Å². The standard InChI is InChI=1S/C18H20ClN3O5S/c1-12(23)20-14-6-5-13(19)11-15(14)21-18(24)16-7-8-17(27-16)28(25,26)22-9-3-2-4-10-22/h5-8,11H,2-4,9-10H2,1H3,(H,20,23)(H,21,24). The molecular weight excluding hydrogens is 406 g/mol. The number of hydrogen-bond donors (Lipinski definition) is 2. The number of furan rings is 1. The molecule has 2 N–H and O–H groups in total. The molecule has 3 rings (SSSR count). The van der Waals surface area contributed by atoms with Crippen LogP contribution >= 0.6 is 11.6 Å². The Morgan fingerprint density at radius 3 is 2.43 bits per heavy atom. The Bertz CT molecular complexity index is 996. The van der Waals surface area contributed by atoms with Crippen LogP contribution in [-0.4, -0.2) is 37.6 Å². The lowest BCUT2D eigenvalue weighted by molar-refractivity contribution is -0.114. The van der Waals surface area contributed by atoms with Crippen molar-refractivity contribution < 1.29 is 22.4 Å². The number of carbonyl (C=O) groups is 2. The van der Waals surface area contributed by atoms with E-state index >= 15 is 0 Å². The van der Waals surface area contributed by atoms with Gasteiger partial charge < -0.3 is 15.1 Å². The summed E-state index contributed by atoms with van der Waals surface area (Å²) in [6.07, 6.45) is 2.59. The predicted molar refractivity (Wildman–Crippen MR) is 105 cm³/mol.